The molecule has 1 atom stereocenters. The molecule has 2 aromatic carbocycles. The molecule has 0 saturated carbocycles. The number of para-hydroxylation sites is 1. The number of nitro groups is 1. The Morgan fingerprint density at radius 3 is 2.54 bits per heavy atom. The first-order chi connectivity index (χ1) is 12.5. The number of amides is 1. The predicted octanol–water partition coefficient (Wildman–Crippen LogP) is 3.29. The van der Waals surface area contributed by atoms with Crippen molar-refractivity contribution in [3.05, 3.63) is 71.0 Å². The second-order valence-corrected chi connectivity index (χ2v) is 6.68. The number of carbonyl (C=O) groups is 1. The summed E-state index contributed by atoms with van der Waals surface area (Å²) in [6.45, 7) is 1.76. The van der Waals surface area contributed by atoms with Gasteiger partial charge in [0.05, 0.1) is 10.2 Å². The minimum atomic E-state index is -0.486. The van der Waals surface area contributed by atoms with Gasteiger partial charge in [-0.15, -0.1) is 10.2 Å². The highest BCUT2D eigenvalue weighted by Crippen LogP contribution is 2.25. The summed E-state index contributed by atoms with van der Waals surface area (Å²) >= 11 is 1.28. The van der Waals surface area contributed by atoms with Crippen molar-refractivity contribution in [2.24, 2.45) is 0 Å². The van der Waals surface area contributed by atoms with Gasteiger partial charge in [0.25, 0.3) is 5.69 Å². The lowest BCUT2D eigenvalue weighted by molar-refractivity contribution is -0.384. The van der Waals surface area contributed by atoms with Gasteiger partial charge >= 0.3 is 0 Å². The fraction of sp³-hybridized carbons (Fsp3) is 0.118. The zero-order valence-corrected chi connectivity index (χ0v) is 14.6. The second kappa shape index (κ2) is 7.79. The molecule has 9 heteroatoms. The van der Waals surface area contributed by atoms with Crippen LogP contribution in [0.1, 0.15) is 6.92 Å². The Kier molecular flexibility index (Phi) is 5.28. The van der Waals surface area contributed by atoms with Crippen LogP contribution in [0.25, 0.3) is 5.69 Å². The fourth-order valence-corrected chi connectivity index (χ4v) is 3.04. The molecule has 0 fully saturated rings. The van der Waals surface area contributed by atoms with E-state index in [1.54, 1.807) is 17.8 Å². The smallest absolute Gasteiger partial charge is 0.269 e. The van der Waals surface area contributed by atoms with Crippen LogP contribution in [0.5, 0.6) is 0 Å². The number of nitro benzene ring substituents is 1. The largest absolute Gasteiger partial charge is 0.325 e. The average molecular weight is 369 g/mol. The van der Waals surface area contributed by atoms with Crippen LogP contribution >= 0.6 is 11.8 Å². The lowest BCUT2D eigenvalue weighted by Gasteiger charge is -2.12. The number of benzene rings is 2. The molecular weight excluding hydrogens is 354 g/mol. The number of nitrogens with zero attached hydrogens (tertiary/aromatic N) is 4. The summed E-state index contributed by atoms with van der Waals surface area (Å²) in [7, 11) is 0. The van der Waals surface area contributed by atoms with E-state index in [0.717, 1.165) is 5.69 Å². The first-order valence-electron chi connectivity index (χ1n) is 7.72. The summed E-state index contributed by atoms with van der Waals surface area (Å²) in [5.74, 6) is -0.230. The standard InChI is InChI=1S/C17H15N5O3S/c1-12(16(23)19-13-7-9-15(10-8-13)22(24)25)26-17-20-18-11-21(17)14-5-3-2-4-6-14/h2-12H,1H3,(H,19,23). The average Bonchev–Trinajstić information content (AvgIpc) is 3.11. The van der Waals surface area contributed by atoms with Crippen molar-refractivity contribution in [3.8, 4) is 5.69 Å². The number of non-ortho nitro benzene ring substituents is 1. The number of nitrogens with one attached hydrogen (secondary N) is 1. The van der Waals surface area contributed by atoms with Crippen LogP contribution in [0.15, 0.2) is 66.1 Å². The number of anilines is 1. The quantitative estimate of drug-likeness (QED) is 0.406. The number of aromatic nitrogens is 3. The first-order valence-corrected chi connectivity index (χ1v) is 8.60. The van der Waals surface area contributed by atoms with E-state index in [2.05, 4.69) is 15.5 Å². The first kappa shape index (κ1) is 17.6. The number of thioether (sulfide) groups is 1. The Bertz CT molecular complexity index is 912. The number of hydrogen-bond donors (Lipinski definition) is 1. The second-order valence-electron chi connectivity index (χ2n) is 5.37. The third-order valence-corrected chi connectivity index (χ3v) is 4.60. The highest BCUT2D eigenvalue weighted by molar-refractivity contribution is 8.00. The molecule has 1 heterocycles. The van der Waals surface area contributed by atoms with Crippen molar-refractivity contribution in [3.63, 3.8) is 0 Å². The van der Waals surface area contributed by atoms with Crippen LogP contribution in [-0.4, -0.2) is 30.8 Å². The molecule has 8 nitrogen and oxygen atoms in total. The lowest BCUT2D eigenvalue weighted by Crippen LogP contribution is -2.22. The van der Waals surface area contributed by atoms with E-state index < -0.39 is 10.2 Å². The summed E-state index contributed by atoms with van der Waals surface area (Å²) in [4.78, 5) is 22.6. The van der Waals surface area contributed by atoms with Crippen LogP contribution in [0.2, 0.25) is 0 Å². The van der Waals surface area contributed by atoms with Gasteiger partial charge in [0.15, 0.2) is 5.16 Å². The zero-order chi connectivity index (χ0) is 18.5. The van der Waals surface area contributed by atoms with Crippen LogP contribution in [0.4, 0.5) is 11.4 Å². The molecule has 1 aromatic heterocycles. The maximum absolute atomic E-state index is 12.4. The van der Waals surface area contributed by atoms with Crippen LogP contribution in [0.3, 0.4) is 0 Å². The van der Waals surface area contributed by atoms with E-state index in [-0.39, 0.29) is 11.6 Å². The fourth-order valence-electron chi connectivity index (χ4n) is 2.19. The highest BCUT2D eigenvalue weighted by Gasteiger charge is 2.19. The van der Waals surface area contributed by atoms with Gasteiger partial charge in [-0.05, 0) is 31.2 Å². The predicted molar refractivity (Wildman–Crippen MR) is 98.4 cm³/mol. The van der Waals surface area contributed by atoms with Gasteiger partial charge in [-0.2, -0.15) is 0 Å². The minimum absolute atomic E-state index is 0.0265. The zero-order valence-electron chi connectivity index (χ0n) is 13.8. The van der Waals surface area contributed by atoms with E-state index in [9.17, 15) is 14.9 Å². The third kappa shape index (κ3) is 4.06. The van der Waals surface area contributed by atoms with Gasteiger partial charge in [-0.25, -0.2) is 0 Å². The highest BCUT2D eigenvalue weighted by atomic mass is 32.2. The Morgan fingerprint density at radius 1 is 1.19 bits per heavy atom. The van der Waals surface area contributed by atoms with Gasteiger partial charge in [-0.3, -0.25) is 19.5 Å². The summed E-state index contributed by atoms with van der Waals surface area (Å²) in [6, 6.07) is 15.3. The van der Waals surface area contributed by atoms with Crippen LogP contribution < -0.4 is 5.32 Å². The normalized spacial score (nSPS) is 11.7. The lowest BCUT2D eigenvalue weighted by atomic mass is 10.3. The molecule has 0 aliphatic rings. The molecule has 1 unspecified atom stereocenters. The molecule has 132 valence electrons. The monoisotopic (exact) mass is 369 g/mol. The molecule has 0 spiro atoms. The number of carbonyl (C=O) groups excluding carboxylic acids is 1. The van der Waals surface area contributed by atoms with Gasteiger partial charge in [0.2, 0.25) is 5.91 Å². The van der Waals surface area contributed by atoms with Crippen molar-refractivity contribution in [1.29, 1.82) is 0 Å². The topological polar surface area (TPSA) is 103 Å². The van der Waals surface area contributed by atoms with E-state index in [1.165, 1.54) is 36.0 Å². The van der Waals surface area contributed by atoms with E-state index in [0.29, 0.717) is 10.8 Å². The molecule has 3 aromatic rings. The van der Waals surface area contributed by atoms with E-state index in [1.807, 2.05) is 30.3 Å². The van der Waals surface area contributed by atoms with Crippen molar-refractivity contribution in [2.45, 2.75) is 17.3 Å². The Morgan fingerprint density at radius 2 is 1.88 bits per heavy atom. The maximum atomic E-state index is 12.4. The van der Waals surface area contributed by atoms with E-state index in [4.69, 9.17) is 0 Å². The van der Waals surface area contributed by atoms with Gasteiger partial charge in [-0.1, -0.05) is 30.0 Å². The molecule has 1 amide bonds. The van der Waals surface area contributed by atoms with Crippen LogP contribution in [-0.2, 0) is 4.79 Å². The number of rotatable bonds is 6. The Labute approximate surface area is 153 Å². The van der Waals surface area contributed by atoms with Gasteiger partial charge in [0, 0.05) is 23.5 Å². The molecule has 0 aliphatic heterocycles. The summed E-state index contributed by atoms with van der Waals surface area (Å²) in [5.41, 5.74) is 1.38. The molecule has 1 N–H and O–H groups in total. The maximum Gasteiger partial charge on any atom is 0.269 e. The summed E-state index contributed by atoms with van der Waals surface area (Å²) in [5, 5.41) is 21.6. The molecule has 0 bridgehead atoms. The molecular formula is C17H15N5O3S. The SMILES string of the molecule is CC(Sc1nncn1-c1ccccc1)C(=O)Nc1ccc([N+](=O)[O-])cc1. The van der Waals surface area contributed by atoms with Gasteiger partial charge in [0.1, 0.15) is 6.33 Å². The van der Waals surface area contributed by atoms with Crippen molar-refractivity contribution >= 4 is 29.0 Å². The third-order valence-electron chi connectivity index (χ3n) is 3.55. The van der Waals surface area contributed by atoms with Crippen LogP contribution in [0, 0.1) is 10.1 Å². The van der Waals surface area contributed by atoms with Crippen molar-refractivity contribution < 1.29 is 9.72 Å². The molecule has 3 rings (SSSR count). The summed E-state index contributed by atoms with van der Waals surface area (Å²) in [6.07, 6.45) is 1.60. The molecule has 26 heavy (non-hydrogen) atoms. The minimum Gasteiger partial charge on any atom is -0.325 e. The molecule has 0 saturated heterocycles. The number of hydrogen-bond acceptors (Lipinski definition) is 6. The molecule has 0 aliphatic carbocycles. The summed E-state index contributed by atoms with van der Waals surface area (Å²) < 4.78 is 1.81. The Hall–Kier alpha value is -3.20. The molecule has 0 radical (unpaired) electrons. The van der Waals surface area contributed by atoms with Gasteiger partial charge < -0.3 is 5.32 Å². The van der Waals surface area contributed by atoms with E-state index >= 15 is 0 Å². The van der Waals surface area contributed by atoms with Crippen molar-refractivity contribution in [2.75, 3.05) is 5.32 Å². The van der Waals surface area contributed by atoms with Crippen molar-refractivity contribution in [1.82, 2.24) is 14.8 Å². The Balaban J connectivity index is 1.67.